The van der Waals surface area contributed by atoms with Crippen molar-refractivity contribution in [3.8, 4) is 11.1 Å². The molecular weight excluding hydrogens is 412 g/mol. The van der Waals surface area contributed by atoms with Gasteiger partial charge in [0.05, 0.1) is 17.8 Å². The Kier molecular flexibility index (Phi) is 5.90. The van der Waals surface area contributed by atoms with E-state index in [0.717, 1.165) is 53.2 Å². The summed E-state index contributed by atoms with van der Waals surface area (Å²) < 4.78 is 6.08. The molecule has 0 amide bonds. The second-order valence-corrected chi connectivity index (χ2v) is 8.60. The molecule has 2 N–H and O–H groups in total. The summed E-state index contributed by atoms with van der Waals surface area (Å²) in [5.41, 5.74) is 10.9. The molecule has 1 atom stereocenters. The fourth-order valence-electron chi connectivity index (χ4n) is 4.26. The molecule has 0 unspecified atom stereocenters. The quantitative estimate of drug-likeness (QED) is 0.504. The van der Waals surface area contributed by atoms with Crippen LogP contribution in [0, 0.1) is 0 Å². The van der Waals surface area contributed by atoms with Crippen LogP contribution in [-0.4, -0.2) is 53.6 Å². The first kappa shape index (κ1) is 21.3. The van der Waals surface area contributed by atoms with Gasteiger partial charge in [-0.1, -0.05) is 24.3 Å². The van der Waals surface area contributed by atoms with Crippen LogP contribution in [0.15, 0.2) is 67.0 Å². The Labute approximate surface area is 193 Å². The molecule has 4 aromatic rings. The number of hydrogen-bond acceptors (Lipinski definition) is 7. The van der Waals surface area contributed by atoms with Gasteiger partial charge in [-0.3, -0.25) is 9.88 Å². The summed E-state index contributed by atoms with van der Waals surface area (Å²) in [6.45, 7) is 3.16. The van der Waals surface area contributed by atoms with Gasteiger partial charge in [-0.2, -0.15) is 0 Å². The smallest absolute Gasteiger partial charge is 0.133 e. The van der Waals surface area contributed by atoms with Gasteiger partial charge in [0.2, 0.25) is 0 Å². The number of anilines is 2. The van der Waals surface area contributed by atoms with Crippen molar-refractivity contribution < 1.29 is 4.74 Å². The largest absolute Gasteiger partial charge is 0.384 e. The molecular formula is C26H28N6O. The van der Waals surface area contributed by atoms with Crippen LogP contribution >= 0.6 is 0 Å². The van der Waals surface area contributed by atoms with Crippen molar-refractivity contribution >= 4 is 22.5 Å². The van der Waals surface area contributed by atoms with E-state index in [2.05, 4.69) is 45.1 Å². The van der Waals surface area contributed by atoms with Crippen molar-refractivity contribution in [3.63, 3.8) is 0 Å². The second-order valence-electron chi connectivity index (χ2n) is 8.60. The molecule has 1 fully saturated rings. The number of para-hydroxylation sites is 1. The van der Waals surface area contributed by atoms with Gasteiger partial charge >= 0.3 is 0 Å². The van der Waals surface area contributed by atoms with Crippen molar-refractivity contribution in [2.45, 2.75) is 12.6 Å². The third-order valence-electron chi connectivity index (χ3n) is 5.98. The van der Waals surface area contributed by atoms with Gasteiger partial charge in [0.25, 0.3) is 0 Å². The number of benzene rings is 1. The summed E-state index contributed by atoms with van der Waals surface area (Å²) in [7, 11) is 4.09. The summed E-state index contributed by atoms with van der Waals surface area (Å²) in [6, 6.07) is 18.4. The van der Waals surface area contributed by atoms with Gasteiger partial charge in [-0.05, 0) is 30.3 Å². The van der Waals surface area contributed by atoms with Gasteiger partial charge < -0.3 is 15.4 Å². The molecule has 3 aromatic heterocycles. The van der Waals surface area contributed by atoms with Gasteiger partial charge in [0, 0.05) is 68.2 Å². The highest BCUT2D eigenvalue weighted by Crippen LogP contribution is 2.28. The summed E-state index contributed by atoms with van der Waals surface area (Å²) >= 11 is 0. The van der Waals surface area contributed by atoms with Gasteiger partial charge in [0.1, 0.15) is 17.7 Å². The molecule has 0 saturated carbocycles. The van der Waals surface area contributed by atoms with Crippen molar-refractivity contribution in [3.05, 3.63) is 78.2 Å². The molecule has 4 heterocycles. The lowest BCUT2D eigenvalue weighted by Gasteiger charge is -2.33. The molecule has 7 nitrogen and oxygen atoms in total. The van der Waals surface area contributed by atoms with E-state index in [1.807, 2.05) is 38.5 Å². The lowest BCUT2D eigenvalue weighted by atomic mass is 10.1. The van der Waals surface area contributed by atoms with E-state index in [-0.39, 0.29) is 6.10 Å². The first-order valence-electron chi connectivity index (χ1n) is 11.1. The minimum Gasteiger partial charge on any atom is -0.384 e. The number of morpholine rings is 1. The van der Waals surface area contributed by atoms with Crippen LogP contribution in [-0.2, 0) is 11.3 Å². The van der Waals surface area contributed by atoms with Gasteiger partial charge in [0.15, 0.2) is 0 Å². The molecule has 0 aliphatic carbocycles. The molecule has 1 aliphatic rings. The normalized spacial score (nSPS) is 16.7. The van der Waals surface area contributed by atoms with Crippen LogP contribution < -0.4 is 10.6 Å². The predicted molar refractivity (Wildman–Crippen MR) is 132 cm³/mol. The Balaban J connectivity index is 1.33. The van der Waals surface area contributed by atoms with Crippen molar-refractivity contribution in [2.24, 2.45) is 0 Å². The van der Waals surface area contributed by atoms with Crippen molar-refractivity contribution in [1.29, 1.82) is 0 Å². The minimum absolute atomic E-state index is 0.0615. The number of aromatic nitrogens is 3. The molecule has 1 aliphatic heterocycles. The summed E-state index contributed by atoms with van der Waals surface area (Å²) in [5.74, 6) is 1.52. The lowest BCUT2D eigenvalue weighted by molar-refractivity contribution is -0.0349. The van der Waals surface area contributed by atoms with Crippen LogP contribution in [0.25, 0.3) is 22.0 Å². The molecule has 0 radical (unpaired) electrons. The Hall–Kier alpha value is -3.55. The fourth-order valence-corrected chi connectivity index (χ4v) is 4.26. The highest BCUT2D eigenvalue weighted by molar-refractivity contribution is 5.81. The first-order valence-corrected chi connectivity index (χ1v) is 11.1. The van der Waals surface area contributed by atoms with Crippen molar-refractivity contribution in [1.82, 2.24) is 19.9 Å². The maximum Gasteiger partial charge on any atom is 0.133 e. The van der Waals surface area contributed by atoms with E-state index in [0.29, 0.717) is 12.4 Å². The average Bonchev–Trinajstić information content (AvgIpc) is 2.84. The van der Waals surface area contributed by atoms with Crippen LogP contribution in [0.5, 0.6) is 0 Å². The third kappa shape index (κ3) is 4.65. The molecule has 1 saturated heterocycles. The van der Waals surface area contributed by atoms with E-state index >= 15 is 0 Å². The topological polar surface area (TPSA) is 80.4 Å². The van der Waals surface area contributed by atoms with E-state index in [4.69, 9.17) is 20.4 Å². The number of ether oxygens (including phenoxy) is 1. The SMILES string of the molecule is CN(C)c1nc2ccccc2cc1CN1CCO[C@@H](c2ccc(-c3ccc(N)nc3)cn2)C1. The van der Waals surface area contributed by atoms with Crippen LogP contribution in [0.3, 0.4) is 0 Å². The third-order valence-corrected chi connectivity index (χ3v) is 5.98. The minimum atomic E-state index is -0.0615. The first-order chi connectivity index (χ1) is 16.1. The summed E-state index contributed by atoms with van der Waals surface area (Å²) in [5, 5.41) is 1.16. The molecule has 168 valence electrons. The average molecular weight is 441 g/mol. The number of nitrogen functional groups attached to an aromatic ring is 1. The standard InChI is InChI=1S/C26H28N6O/c1-31(2)26-21(13-18-5-3-4-6-22(18)30-26)16-32-11-12-33-24(17-32)23-9-7-19(14-28-23)20-8-10-25(27)29-15-20/h3-10,13-15,24H,11-12,16-17H2,1-2H3,(H2,27,29)/t24-/m1/s1. The maximum absolute atomic E-state index is 6.08. The maximum atomic E-state index is 6.08. The van der Waals surface area contributed by atoms with Crippen LogP contribution in [0.4, 0.5) is 11.6 Å². The summed E-state index contributed by atoms with van der Waals surface area (Å²) in [4.78, 5) is 18.3. The zero-order chi connectivity index (χ0) is 22.8. The Morgan fingerprint density at radius 1 is 1.03 bits per heavy atom. The predicted octanol–water partition coefficient (Wildman–Crippen LogP) is 3.91. The van der Waals surface area contributed by atoms with Crippen LogP contribution in [0.2, 0.25) is 0 Å². The molecule has 33 heavy (non-hydrogen) atoms. The monoisotopic (exact) mass is 440 g/mol. The highest BCUT2D eigenvalue weighted by Gasteiger charge is 2.24. The fraction of sp³-hybridized carbons (Fsp3) is 0.269. The molecule has 1 aromatic carbocycles. The Bertz CT molecular complexity index is 1240. The Morgan fingerprint density at radius 3 is 2.55 bits per heavy atom. The van der Waals surface area contributed by atoms with E-state index in [1.165, 1.54) is 5.56 Å². The number of nitrogens with zero attached hydrogens (tertiary/aromatic N) is 5. The number of rotatable bonds is 5. The molecule has 0 spiro atoms. The van der Waals surface area contributed by atoms with E-state index < -0.39 is 0 Å². The highest BCUT2D eigenvalue weighted by atomic mass is 16.5. The van der Waals surface area contributed by atoms with E-state index in [1.54, 1.807) is 12.3 Å². The number of fused-ring (bicyclic) bond motifs is 1. The van der Waals surface area contributed by atoms with Crippen LogP contribution in [0.1, 0.15) is 17.4 Å². The zero-order valence-corrected chi connectivity index (χ0v) is 19.0. The number of nitrogens with two attached hydrogens (primary N) is 1. The number of hydrogen-bond donors (Lipinski definition) is 1. The van der Waals surface area contributed by atoms with E-state index in [9.17, 15) is 0 Å². The van der Waals surface area contributed by atoms with Crippen molar-refractivity contribution in [2.75, 3.05) is 44.4 Å². The lowest BCUT2D eigenvalue weighted by Crippen LogP contribution is -2.38. The van der Waals surface area contributed by atoms with Gasteiger partial charge in [-0.15, -0.1) is 0 Å². The Morgan fingerprint density at radius 2 is 1.82 bits per heavy atom. The summed E-state index contributed by atoms with van der Waals surface area (Å²) in [6.07, 6.45) is 3.58. The zero-order valence-electron chi connectivity index (χ0n) is 19.0. The number of pyridine rings is 3. The second kappa shape index (κ2) is 9.13. The molecule has 5 rings (SSSR count). The molecule has 7 heteroatoms. The molecule has 0 bridgehead atoms. The van der Waals surface area contributed by atoms with Gasteiger partial charge in [-0.25, -0.2) is 9.97 Å².